The van der Waals surface area contributed by atoms with Gasteiger partial charge in [0.05, 0.1) is 5.75 Å². The Morgan fingerprint density at radius 1 is 1.37 bits per heavy atom. The topological polar surface area (TPSA) is 88.2 Å². The third-order valence-electron chi connectivity index (χ3n) is 2.46. The summed E-state index contributed by atoms with van der Waals surface area (Å²) in [5, 5.41) is 0. The maximum atomic E-state index is 11.6. The Morgan fingerprint density at radius 3 is 2.79 bits per heavy atom. The van der Waals surface area contributed by atoms with Gasteiger partial charge in [-0.25, -0.2) is 8.42 Å². The molecule has 1 aromatic rings. The van der Waals surface area contributed by atoms with Crippen molar-refractivity contribution in [1.82, 2.24) is 15.2 Å². The Labute approximate surface area is 113 Å². The van der Waals surface area contributed by atoms with Crippen molar-refractivity contribution in [2.24, 2.45) is 0 Å². The van der Waals surface area contributed by atoms with Crippen molar-refractivity contribution < 1.29 is 13.2 Å². The summed E-state index contributed by atoms with van der Waals surface area (Å²) in [7, 11) is -3.52. The van der Waals surface area contributed by atoms with E-state index in [1.165, 1.54) is 0 Å². The van der Waals surface area contributed by atoms with Crippen LogP contribution >= 0.6 is 0 Å². The zero-order valence-corrected chi connectivity index (χ0v) is 11.7. The van der Waals surface area contributed by atoms with E-state index in [1.807, 2.05) is 6.92 Å². The van der Waals surface area contributed by atoms with E-state index in [0.717, 1.165) is 12.8 Å². The summed E-state index contributed by atoms with van der Waals surface area (Å²) in [6.45, 7) is 1.96. The van der Waals surface area contributed by atoms with Crippen molar-refractivity contribution in [3.63, 3.8) is 0 Å². The summed E-state index contributed by atoms with van der Waals surface area (Å²) in [5.41, 5.74) is 2.90. The van der Waals surface area contributed by atoms with Gasteiger partial charge in [0.25, 0.3) is 0 Å². The highest BCUT2D eigenvalue weighted by Gasteiger charge is 2.11. The molecule has 1 aromatic heterocycles. The van der Waals surface area contributed by atoms with Crippen molar-refractivity contribution in [2.45, 2.75) is 32.6 Å². The molecule has 0 aliphatic heterocycles. The number of sulfonamides is 1. The monoisotopic (exact) mass is 285 g/mol. The minimum Gasteiger partial charge on any atom is -0.278 e. The van der Waals surface area contributed by atoms with E-state index in [9.17, 15) is 13.2 Å². The Bertz CT molecular complexity index is 488. The molecule has 0 unspecified atom stereocenters. The molecule has 0 saturated carbocycles. The molecule has 0 radical (unpaired) electrons. The van der Waals surface area contributed by atoms with Crippen LogP contribution in [0.15, 0.2) is 24.4 Å². The number of amides is 1. The van der Waals surface area contributed by atoms with E-state index in [-0.39, 0.29) is 11.7 Å². The minimum absolute atomic E-state index is 0.113. The zero-order valence-electron chi connectivity index (χ0n) is 10.9. The molecule has 7 heteroatoms. The molecular weight excluding hydrogens is 266 g/mol. The molecule has 106 valence electrons. The van der Waals surface area contributed by atoms with Gasteiger partial charge >= 0.3 is 0 Å². The van der Waals surface area contributed by atoms with Crippen molar-refractivity contribution in [1.29, 1.82) is 0 Å². The molecule has 0 aromatic carbocycles. The molecule has 1 rings (SSSR count). The van der Waals surface area contributed by atoms with Gasteiger partial charge < -0.3 is 0 Å². The molecule has 1 heterocycles. The van der Waals surface area contributed by atoms with Crippen molar-refractivity contribution in [3.05, 3.63) is 30.1 Å². The zero-order chi connectivity index (χ0) is 14.1. The molecule has 6 nitrogen and oxygen atoms in total. The number of hydrogen-bond donors (Lipinski definition) is 2. The van der Waals surface area contributed by atoms with Gasteiger partial charge in [0.2, 0.25) is 15.9 Å². The fourth-order valence-corrected chi connectivity index (χ4v) is 2.22. The lowest BCUT2D eigenvalue weighted by molar-refractivity contribution is -0.121. The summed E-state index contributed by atoms with van der Waals surface area (Å²) in [6, 6.07) is 5.33. The van der Waals surface area contributed by atoms with Crippen LogP contribution in [0, 0.1) is 0 Å². The van der Waals surface area contributed by atoms with Gasteiger partial charge in [0.15, 0.2) is 0 Å². The van der Waals surface area contributed by atoms with Gasteiger partial charge in [0.1, 0.15) is 0 Å². The molecule has 1 amide bonds. The predicted octanol–water partition coefficient (Wildman–Crippen LogP) is 0.765. The molecule has 19 heavy (non-hydrogen) atoms. The van der Waals surface area contributed by atoms with Crippen LogP contribution in [0.3, 0.4) is 0 Å². The standard InChI is InChI=1S/C12H19N3O3S/c1-2-3-7-12(16)14-15-19(17,18)10-8-11-6-4-5-9-13-11/h4-6,9,15H,2-3,7-8,10H2,1H3,(H,14,16). The van der Waals surface area contributed by atoms with Crippen molar-refractivity contribution >= 4 is 15.9 Å². The van der Waals surface area contributed by atoms with Crippen LogP contribution < -0.4 is 10.3 Å². The highest BCUT2D eigenvalue weighted by molar-refractivity contribution is 7.89. The molecule has 0 saturated heterocycles. The second-order valence-corrected chi connectivity index (χ2v) is 5.99. The number of hydrogen-bond acceptors (Lipinski definition) is 4. The maximum Gasteiger partial charge on any atom is 0.234 e. The van der Waals surface area contributed by atoms with E-state index in [2.05, 4.69) is 15.2 Å². The Balaban J connectivity index is 2.34. The minimum atomic E-state index is -3.52. The van der Waals surface area contributed by atoms with Crippen LogP contribution in [0.1, 0.15) is 31.9 Å². The van der Waals surface area contributed by atoms with Crippen molar-refractivity contribution in [3.8, 4) is 0 Å². The lowest BCUT2D eigenvalue weighted by atomic mass is 10.2. The normalized spacial score (nSPS) is 11.2. The summed E-state index contributed by atoms with van der Waals surface area (Å²) in [6.07, 6.45) is 3.86. The Kier molecular flexibility index (Phi) is 6.44. The second kappa shape index (κ2) is 7.85. The van der Waals surface area contributed by atoms with Crippen LogP contribution in [-0.2, 0) is 21.2 Å². The summed E-state index contributed by atoms with van der Waals surface area (Å²) >= 11 is 0. The van der Waals surface area contributed by atoms with Gasteiger partial charge in [-0.05, 0) is 18.6 Å². The number of nitrogens with one attached hydrogen (secondary N) is 2. The van der Waals surface area contributed by atoms with Crippen molar-refractivity contribution in [2.75, 3.05) is 5.75 Å². The van der Waals surface area contributed by atoms with E-state index >= 15 is 0 Å². The smallest absolute Gasteiger partial charge is 0.234 e. The first-order valence-corrected chi connectivity index (χ1v) is 7.87. The van der Waals surface area contributed by atoms with Crippen LogP contribution in [0.25, 0.3) is 0 Å². The first kappa shape index (κ1) is 15.6. The number of pyridine rings is 1. The summed E-state index contributed by atoms with van der Waals surface area (Å²) in [4.78, 5) is 17.4. The number of unbranched alkanes of at least 4 members (excludes halogenated alkanes) is 1. The van der Waals surface area contributed by atoms with Crippen LogP contribution in [0.5, 0.6) is 0 Å². The third-order valence-corrected chi connectivity index (χ3v) is 3.61. The summed E-state index contributed by atoms with van der Waals surface area (Å²) in [5.74, 6) is -0.429. The van der Waals surface area contributed by atoms with E-state index in [4.69, 9.17) is 0 Å². The van der Waals surface area contributed by atoms with E-state index in [0.29, 0.717) is 18.5 Å². The van der Waals surface area contributed by atoms with Crippen LogP contribution in [0.2, 0.25) is 0 Å². The molecule has 0 aliphatic rings. The van der Waals surface area contributed by atoms with E-state index in [1.54, 1.807) is 24.4 Å². The van der Waals surface area contributed by atoms with Gasteiger partial charge in [0, 0.05) is 24.7 Å². The summed E-state index contributed by atoms with van der Waals surface area (Å²) < 4.78 is 23.3. The molecular formula is C12H19N3O3S. The lowest BCUT2D eigenvalue weighted by Gasteiger charge is -2.07. The molecule has 2 N–H and O–H groups in total. The first-order chi connectivity index (χ1) is 9.03. The third kappa shape index (κ3) is 6.88. The van der Waals surface area contributed by atoms with Crippen LogP contribution in [0.4, 0.5) is 0 Å². The van der Waals surface area contributed by atoms with E-state index < -0.39 is 10.0 Å². The molecule has 0 bridgehead atoms. The number of rotatable bonds is 8. The SMILES string of the molecule is CCCCC(=O)NNS(=O)(=O)CCc1ccccn1. The largest absolute Gasteiger partial charge is 0.278 e. The lowest BCUT2D eigenvalue weighted by Crippen LogP contribution is -2.42. The number of carbonyl (C=O) groups is 1. The molecule has 0 fully saturated rings. The van der Waals surface area contributed by atoms with Gasteiger partial charge in [-0.15, -0.1) is 4.83 Å². The number of carbonyl (C=O) groups excluding carboxylic acids is 1. The maximum absolute atomic E-state index is 11.6. The average Bonchev–Trinajstić information content (AvgIpc) is 2.42. The number of aryl methyl sites for hydroxylation is 1. The molecule has 0 spiro atoms. The van der Waals surface area contributed by atoms with Gasteiger partial charge in [-0.3, -0.25) is 15.2 Å². The van der Waals surface area contributed by atoms with Crippen LogP contribution in [-0.4, -0.2) is 25.1 Å². The predicted molar refractivity (Wildman–Crippen MR) is 72.5 cm³/mol. The average molecular weight is 285 g/mol. The Hall–Kier alpha value is -1.47. The quantitative estimate of drug-likeness (QED) is 0.690. The number of hydrazine groups is 1. The Morgan fingerprint density at radius 2 is 2.16 bits per heavy atom. The fraction of sp³-hybridized carbons (Fsp3) is 0.500. The highest BCUT2D eigenvalue weighted by Crippen LogP contribution is 1.97. The molecule has 0 atom stereocenters. The fourth-order valence-electron chi connectivity index (χ4n) is 1.37. The highest BCUT2D eigenvalue weighted by atomic mass is 32.2. The number of nitrogens with zero attached hydrogens (tertiary/aromatic N) is 1. The van der Waals surface area contributed by atoms with Gasteiger partial charge in [-0.2, -0.15) is 0 Å². The first-order valence-electron chi connectivity index (χ1n) is 6.21. The van der Waals surface area contributed by atoms with Gasteiger partial charge in [-0.1, -0.05) is 19.4 Å². The second-order valence-electron chi connectivity index (χ2n) is 4.14. The molecule has 0 aliphatic carbocycles. The number of aromatic nitrogens is 1.